The van der Waals surface area contributed by atoms with E-state index < -0.39 is 0 Å². The van der Waals surface area contributed by atoms with Crippen molar-refractivity contribution in [1.82, 2.24) is 10.2 Å². The first-order chi connectivity index (χ1) is 11.7. The van der Waals surface area contributed by atoms with Gasteiger partial charge in [-0.1, -0.05) is 46.3 Å². The Hall–Kier alpha value is -1.69. The molecule has 0 unspecified atom stereocenters. The summed E-state index contributed by atoms with van der Waals surface area (Å²) in [6, 6.07) is 15.7. The van der Waals surface area contributed by atoms with Crippen LogP contribution in [0.2, 0.25) is 0 Å². The second-order valence-corrected chi connectivity index (χ2v) is 6.77. The average Bonchev–Trinajstić information content (AvgIpc) is 2.61. The van der Waals surface area contributed by atoms with E-state index in [1.807, 2.05) is 30.3 Å². The van der Waals surface area contributed by atoms with Crippen LogP contribution in [0.4, 0.5) is 0 Å². The van der Waals surface area contributed by atoms with E-state index in [1.54, 1.807) is 0 Å². The molecular formula is C19H21BrN2O2. The molecule has 0 atom stereocenters. The highest BCUT2D eigenvalue weighted by Crippen LogP contribution is 2.14. The van der Waals surface area contributed by atoms with Gasteiger partial charge < -0.3 is 10.1 Å². The maximum Gasteiger partial charge on any atom is 0.251 e. The number of hydrogen-bond donors (Lipinski definition) is 1. The van der Waals surface area contributed by atoms with E-state index in [0.717, 1.165) is 42.9 Å². The third kappa shape index (κ3) is 4.66. The molecule has 4 nitrogen and oxygen atoms in total. The van der Waals surface area contributed by atoms with Crippen molar-refractivity contribution >= 4 is 21.8 Å². The summed E-state index contributed by atoms with van der Waals surface area (Å²) >= 11 is 3.40. The Morgan fingerprint density at radius 2 is 1.83 bits per heavy atom. The standard InChI is InChI=1S/C19H21BrN2O2/c20-18-7-3-6-15(12-18)19(23)21-13-16-4-1-2-5-17(16)14-22-8-10-24-11-9-22/h1-7,12H,8-11,13-14H2,(H,21,23). The smallest absolute Gasteiger partial charge is 0.251 e. The first-order valence-corrected chi connectivity index (χ1v) is 8.92. The first-order valence-electron chi connectivity index (χ1n) is 8.13. The van der Waals surface area contributed by atoms with Gasteiger partial charge in [0.15, 0.2) is 0 Å². The minimum absolute atomic E-state index is 0.0579. The molecule has 1 aliphatic heterocycles. The number of morpholine rings is 1. The fourth-order valence-corrected chi connectivity index (χ4v) is 3.19. The minimum Gasteiger partial charge on any atom is -0.379 e. The van der Waals surface area contributed by atoms with Gasteiger partial charge in [0.05, 0.1) is 13.2 Å². The van der Waals surface area contributed by atoms with E-state index in [9.17, 15) is 4.79 Å². The fraction of sp³-hybridized carbons (Fsp3) is 0.316. The number of ether oxygens (including phenoxy) is 1. The van der Waals surface area contributed by atoms with E-state index >= 15 is 0 Å². The molecule has 1 N–H and O–H groups in total. The molecule has 3 rings (SSSR count). The van der Waals surface area contributed by atoms with Crippen molar-refractivity contribution in [3.05, 3.63) is 69.7 Å². The zero-order valence-electron chi connectivity index (χ0n) is 13.5. The predicted molar refractivity (Wildman–Crippen MR) is 97.9 cm³/mol. The van der Waals surface area contributed by atoms with Crippen LogP contribution in [0.3, 0.4) is 0 Å². The second kappa shape index (κ2) is 8.42. The number of hydrogen-bond acceptors (Lipinski definition) is 3. The lowest BCUT2D eigenvalue weighted by atomic mass is 10.1. The number of nitrogens with zero attached hydrogens (tertiary/aromatic N) is 1. The molecule has 1 saturated heterocycles. The lowest BCUT2D eigenvalue weighted by Gasteiger charge is -2.27. The van der Waals surface area contributed by atoms with Crippen molar-refractivity contribution in [2.75, 3.05) is 26.3 Å². The number of nitrogens with one attached hydrogen (secondary N) is 1. The maximum atomic E-state index is 12.3. The molecule has 5 heteroatoms. The summed E-state index contributed by atoms with van der Waals surface area (Å²) in [5.74, 6) is -0.0579. The van der Waals surface area contributed by atoms with Gasteiger partial charge >= 0.3 is 0 Å². The van der Waals surface area contributed by atoms with Gasteiger partial charge in [-0.15, -0.1) is 0 Å². The molecule has 0 aliphatic carbocycles. The number of rotatable bonds is 5. The van der Waals surface area contributed by atoms with Crippen LogP contribution in [0.5, 0.6) is 0 Å². The third-order valence-electron chi connectivity index (χ3n) is 4.14. The Balaban J connectivity index is 1.63. The van der Waals surface area contributed by atoms with Crippen molar-refractivity contribution in [3.8, 4) is 0 Å². The van der Waals surface area contributed by atoms with Gasteiger partial charge in [-0.2, -0.15) is 0 Å². The van der Waals surface area contributed by atoms with Crippen LogP contribution in [-0.2, 0) is 17.8 Å². The summed E-state index contributed by atoms with van der Waals surface area (Å²) in [5, 5.41) is 3.02. The van der Waals surface area contributed by atoms with Gasteiger partial charge in [-0.05, 0) is 29.3 Å². The summed E-state index contributed by atoms with van der Waals surface area (Å²) in [4.78, 5) is 14.7. The SMILES string of the molecule is O=C(NCc1ccccc1CN1CCOCC1)c1cccc(Br)c1. The summed E-state index contributed by atoms with van der Waals surface area (Å²) in [6.07, 6.45) is 0. The molecule has 24 heavy (non-hydrogen) atoms. The molecule has 1 amide bonds. The van der Waals surface area contributed by atoms with Crippen LogP contribution in [-0.4, -0.2) is 37.1 Å². The highest BCUT2D eigenvalue weighted by molar-refractivity contribution is 9.10. The highest BCUT2D eigenvalue weighted by Gasteiger charge is 2.13. The van der Waals surface area contributed by atoms with Crippen molar-refractivity contribution < 1.29 is 9.53 Å². The summed E-state index contributed by atoms with van der Waals surface area (Å²) < 4.78 is 6.31. The van der Waals surface area contributed by atoms with E-state index in [0.29, 0.717) is 12.1 Å². The number of carbonyl (C=O) groups is 1. The molecule has 0 saturated carbocycles. The molecular weight excluding hydrogens is 368 g/mol. The van der Waals surface area contributed by atoms with E-state index in [2.05, 4.69) is 44.3 Å². The maximum absolute atomic E-state index is 12.3. The largest absolute Gasteiger partial charge is 0.379 e. The molecule has 0 spiro atoms. The van der Waals surface area contributed by atoms with Crippen LogP contribution in [0, 0.1) is 0 Å². The van der Waals surface area contributed by atoms with Gasteiger partial charge in [0.2, 0.25) is 0 Å². The second-order valence-electron chi connectivity index (χ2n) is 5.85. The average molecular weight is 389 g/mol. The Labute approximate surface area is 150 Å². The first kappa shape index (κ1) is 17.1. The molecule has 126 valence electrons. The van der Waals surface area contributed by atoms with Crippen molar-refractivity contribution in [2.45, 2.75) is 13.1 Å². The Kier molecular flexibility index (Phi) is 6.01. The number of halogens is 1. The molecule has 1 heterocycles. The van der Waals surface area contributed by atoms with Gasteiger partial charge in [0.1, 0.15) is 0 Å². The number of amides is 1. The highest BCUT2D eigenvalue weighted by atomic mass is 79.9. The van der Waals surface area contributed by atoms with Gasteiger partial charge in [-0.3, -0.25) is 9.69 Å². The van der Waals surface area contributed by atoms with Crippen LogP contribution >= 0.6 is 15.9 Å². The molecule has 2 aromatic rings. The number of benzene rings is 2. The Morgan fingerprint density at radius 1 is 1.08 bits per heavy atom. The van der Waals surface area contributed by atoms with Crippen molar-refractivity contribution in [2.24, 2.45) is 0 Å². The normalized spacial score (nSPS) is 15.2. The lowest BCUT2D eigenvalue weighted by Crippen LogP contribution is -2.36. The molecule has 0 bridgehead atoms. The topological polar surface area (TPSA) is 41.6 Å². The zero-order chi connectivity index (χ0) is 16.8. The Morgan fingerprint density at radius 3 is 2.58 bits per heavy atom. The molecule has 1 fully saturated rings. The van der Waals surface area contributed by atoms with E-state index in [1.165, 1.54) is 5.56 Å². The third-order valence-corrected chi connectivity index (χ3v) is 4.64. The van der Waals surface area contributed by atoms with Crippen LogP contribution < -0.4 is 5.32 Å². The van der Waals surface area contributed by atoms with Crippen molar-refractivity contribution in [3.63, 3.8) is 0 Å². The molecule has 1 aliphatic rings. The molecule has 2 aromatic carbocycles. The quantitative estimate of drug-likeness (QED) is 0.854. The van der Waals surface area contributed by atoms with Gasteiger partial charge in [0.25, 0.3) is 5.91 Å². The van der Waals surface area contributed by atoms with E-state index in [-0.39, 0.29) is 5.91 Å². The summed E-state index contributed by atoms with van der Waals surface area (Å²) in [6.45, 7) is 4.93. The van der Waals surface area contributed by atoms with Crippen LogP contribution in [0.1, 0.15) is 21.5 Å². The van der Waals surface area contributed by atoms with Crippen LogP contribution in [0.15, 0.2) is 53.0 Å². The molecule has 0 aromatic heterocycles. The number of carbonyl (C=O) groups excluding carboxylic acids is 1. The Bertz CT molecular complexity index is 699. The van der Waals surface area contributed by atoms with Crippen LogP contribution in [0.25, 0.3) is 0 Å². The summed E-state index contributed by atoms with van der Waals surface area (Å²) in [5.41, 5.74) is 3.08. The predicted octanol–water partition coefficient (Wildman–Crippen LogP) is 3.21. The van der Waals surface area contributed by atoms with Gasteiger partial charge in [-0.25, -0.2) is 0 Å². The summed E-state index contributed by atoms with van der Waals surface area (Å²) in [7, 11) is 0. The van der Waals surface area contributed by atoms with E-state index in [4.69, 9.17) is 4.74 Å². The monoisotopic (exact) mass is 388 g/mol. The van der Waals surface area contributed by atoms with Crippen molar-refractivity contribution in [1.29, 1.82) is 0 Å². The fourth-order valence-electron chi connectivity index (χ4n) is 2.79. The molecule has 0 radical (unpaired) electrons. The van der Waals surface area contributed by atoms with Gasteiger partial charge in [0, 0.05) is 36.2 Å². The minimum atomic E-state index is -0.0579. The lowest BCUT2D eigenvalue weighted by molar-refractivity contribution is 0.0340. The zero-order valence-corrected chi connectivity index (χ0v) is 15.1.